The van der Waals surface area contributed by atoms with Gasteiger partial charge in [-0.1, -0.05) is 32.0 Å². The van der Waals surface area contributed by atoms with Crippen molar-refractivity contribution in [2.24, 2.45) is 11.8 Å². The van der Waals surface area contributed by atoms with Crippen LogP contribution in [-0.2, 0) is 4.79 Å². The lowest BCUT2D eigenvalue weighted by atomic mass is 9.91. The molecular weight excluding hydrogens is 406 g/mol. The predicted molar refractivity (Wildman–Crippen MR) is 127 cm³/mol. The number of thiazole rings is 1. The number of fused-ring (bicyclic) bond motifs is 1. The van der Waals surface area contributed by atoms with E-state index in [4.69, 9.17) is 0 Å². The summed E-state index contributed by atoms with van der Waals surface area (Å²) in [7, 11) is 0. The summed E-state index contributed by atoms with van der Waals surface area (Å²) in [4.78, 5) is 32.0. The van der Waals surface area contributed by atoms with E-state index in [-0.39, 0.29) is 11.8 Å². The Hall–Kier alpha value is -2.99. The van der Waals surface area contributed by atoms with Crippen LogP contribution in [0.3, 0.4) is 0 Å². The lowest BCUT2D eigenvalue weighted by Gasteiger charge is -2.35. The number of carbonyl (C=O) groups is 2. The Bertz CT molecular complexity index is 1110. The molecule has 1 aromatic heterocycles. The molecule has 2 heterocycles. The van der Waals surface area contributed by atoms with Gasteiger partial charge in [0.25, 0.3) is 5.91 Å². The van der Waals surface area contributed by atoms with Crippen molar-refractivity contribution in [2.45, 2.75) is 27.2 Å². The van der Waals surface area contributed by atoms with E-state index < -0.39 is 0 Å². The minimum atomic E-state index is -0.243. The molecule has 1 aliphatic rings. The molecule has 31 heavy (non-hydrogen) atoms. The molecule has 0 radical (unpaired) electrons. The summed E-state index contributed by atoms with van der Waals surface area (Å²) in [5.41, 5.74) is 3.11. The van der Waals surface area contributed by atoms with E-state index in [1.54, 1.807) is 23.5 Å². The number of aryl methyl sites for hydroxylation is 1. The van der Waals surface area contributed by atoms with Gasteiger partial charge in [0.1, 0.15) is 5.01 Å². The first-order valence-electron chi connectivity index (χ1n) is 10.6. The van der Waals surface area contributed by atoms with Gasteiger partial charge in [-0.2, -0.15) is 0 Å². The summed E-state index contributed by atoms with van der Waals surface area (Å²) < 4.78 is 1.09. The van der Waals surface area contributed by atoms with E-state index in [2.05, 4.69) is 24.1 Å². The Kier molecular flexibility index (Phi) is 6.18. The molecule has 6 heteroatoms. The lowest BCUT2D eigenvalue weighted by Crippen LogP contribution is -2.42. The third kappa shape index (κ3) is 5.02. The number of nitrogens with one attached hydrogen (secondary N) is 1. The van der Waals surface area contributed by atoms with Crippen LogP contribution in [0.15, 0.2) is 48.5 Å². The summed E-state index contributed by atoms with van der Waals surface area (Å²) in [5, 5.41) is 3.69. The lowest BCUT2D eigenvalue weighted by molar-refractivity contribution is -0.111. The second-order valence-electron chi connectivity index (χ2n) is 8.53. The molecule has 0 aliphatic carbocycles. The maximum Gasteiger partial charge on any atom is 0.253 e. The molecule has 1 fully saturated rings. The molecule has 0 spiro atoms. The van der Waals surface area contributed by atoms with Gasteiger partial charge in [-0.05, 0) is 61.1 Å². The van der Waals surface area contributed by atoms with Gasteiger partial charge in [-0.25, -0.2) is 4.98 Å². The molecule has 1 saturated heterocycles. The van der Waals surface area contributed by atoms with Gasteiger partial charge in [0, 0.05) is 30.4 Å². The normalized spacial score (nSPS) is 19.1. The number of anilines is 1. The van der Waals surface area contributed by atoms with Crippen molar-refractivity contribution in [1.82, 2.24) is 9.88 Å². The highest BCUT2D eigenvalue weighted by Gasteiger charge is 2.26. The molecule has 2 aromatic carbocycles. The number of amides is 2. The Morgan fingerprint density at radius 3 is 2.61 bits per heavy atom. The van der Waals surface area contributed by atoms with E-state index >= 15 is 0 Å². The second kappa shape index (κ2) is 9.02. The van der Waals surface area contributed by atoms with Crippen molar-refractivity contribution in [1.29, 1.82) is 0 Å². The first-order chi connectivity index (χ1) is 14.9. The van der Waals surface area contributed by atoms with E-state index in [9.17, 15) is 9.59 Å². The van der Waals surface area contributed by atoms with Crippen LogP contribution in [0, 0.1) is 18.8 Å². The van der Waals surface area contributed by atoms with Crippen molar-refractivity contribution < 1.29 is 9.59 Å². The number of hydrogen-bond acceptors (Lipinski definition) is 4. The van der Waals surface area contributed by atoms with Gasteiger partial charge in [0.2, 0.25) is 5.91 Å². The van der Waals surface area contributed by atoms with Crippen molar-refractivity contribution in [3.63, 3.8) is 0 Å². The molecule has 3 aromatic rings. The molecule has 4 rings (SSSR count). The quantitative estimate of drug-likeness (QED) is 0.562. The van der Waals surface area contributed by atoms with Crippen LogP contribution in [-0.4, -0.2) is 34.8 Å². The topological polar surface area (TPSA) is 62.3 Å². The molecule has 1 aliphatic heterocycles. The predicted octanol–water partition coefficient (Wildman–Crippen LogP) is 5.37. The van der Waals surface area contributed by atoms with Crippen LogP contribution in [0.2, 0.25) is 0 Å². The van der Waals surface area contributed by atoms with E-state index in [1.807, 2.05) is 48.2 Å². The first-order valence-corrected chi connectivity index (χ1v) is 11.5. The highest BCUT2D eigenvalue weighted by atomic mass is 32.1. The molecule has 160 valence electrons. The van der Waals surface area contributed by atoms with Gasteiger partial charge < -0.3 is 10.2 Å². The third-order valence-electron chi connectivity index (χ3n) is 5.59. The fraction of sp³-hybridized carbons (Fsp3) is 0.320. The standard InChI is InChI=1S/C25H27N3O2S/c1-16-12-17(2)15-28(14-16)25(30)19-9-8-18(3)21(13-19)26-23(29)10-11-24-27-20-6-4-5-7-22(20)31-24/h4-11,13,16-17H,12,14-15H2,1-3H3,(H,26,29). The smallest absolute Gasteiger partial charge is 0.253 e. The molecule has 5 nitrogen and oxygen atoms in total. The number of hydrogen-bond donors (Lipinski definition) is 1. The molecule has 0 saturated carbocycles. The van der Waals surface area contributed by atoms with Crippen LogP contribution < -0.4 is 5.32 Å². The highest BCUT2D eigenvalue weighted by Crippen LogP contribution is 2.25. The largest absolute Gasteiger partial charge is 0.338 e. The second-order valence-corrected chi connectivity index (χ2v) is 9.59. The van der Waals surface area contributed by atoms with Crippen LogP contribution in [0.1, 0.15) is 41.2 Å². The number of benzene rings is 2. The number of aromatic nitrogens is 1. The Balaban J connectivity index is 1.46. The Morgan fingerprint density at radius 1 is 1.13 bits per heavy atom. The zero-order chi connectivity index (χ0) is 22.0. The Labute approximate surface area is 186 Å². The molecule has 2 amide bonds. The summed E-state index contributed by atoms with van der Waals surface area (Å²) in [6.45, 7) is 7.86. The molecule has 0 bridgehead atoms. The number of likely N-dealkylation sites (tertiary alicyclic amines) is 1. The van der Waals surface area contributed by atoms with Crippen molar-refractivity contribution in [3.05, 3.63) is 64.7 Å². The zero-order valence-electron chi connectivity index (χ0n) is 18.1. The molecule has 1 N–H and O–H groups in total. The van der Waals surface area contributed by atoms with Gasteiger partial charge in [-0.3, -0.25) is 9.59 Å². The average Bonchev–Trinajstić information content (AvgIpc) is 3.16. The van der Waals surface area contributed by atoms with Crippen LogP contribution in [0.25, 0.3) is 16.3 Å². The molecule has 2 atom stereocenters. The maximum atomic E-state index is 13.0. The molecule has 2 unspecified atom stereocenters. The highest BCUT2D eigenvalue weighted by molar-refractivity contribution is 7.19. The number of piperidine rings is 1. The summed E-state index contributed by atoms with van der Waals surface area (Å²) in [6.07, 6.45) is 4.36. The van der Waals surface area contributed by atoms with Crippen molar-refractivity contribution in [2.75, 3.05) is 18.4 Å². The Morgan fingerprint density at radius 2 is 1.87 bits per heavy atom. The molecular formula is C25H27N3O2S. The summed E-state index contributed by atoms with van der Waals surface area (Å²) >= 11 is 1.54. The minimum absolute atomic E-state index is 0.0268. The van der Waals surface area contributed by atoms with Crippen LogP contribution in [0.5, 0.6) is 0 Å². The van der Waals surface area contributed by atoms with Gasteiger partial charge >= 0.3 is 0 Å². The summed E-state index contributed by atoms with van der Waals surface area (Å²) in [5.74, 6) is 0.793. The fourth-order valence-electron chi connectivity index (χ4n) is 4.18. The average molecular weight is 434 g/mol. The number of nitrogens with zero attached hydrogens (tertiary/aromatic N) is 2. The monoisotopic (exact) mass is 433 g/mol. The number of carbonyl (C=O) groups excluding carboxylic acids is 2. The first kappa shape index (κ1) is 21.2. The number of rotatable bonds is 4. The zero-order valence-corrected chi connectivity index (χ0v) is 18.9. The van der Waals surface area contributed by atoms with E-state index in [1.165, 1.54) is 6.08 Å². The summed E-state index contributed by atoms with van der Waals surface area (Å²) in [6, 6.07) is 13.4. The SMILES string of the molecule is Cc1ccc(C(=O)N2CC(C)CC(C)C2)cc1NC(=O)C=Cc1nc2ccccc2s1. The maximum absolute atomic E-state index is 13.0. The minimum Gasteiger partial charge on any atom is -0.338 e. The fourth-order valence-corrected chi connectivity index (χ4v) is 5.05. The third-order valence-corrected chi connectivity index (χ3v) is 6.59. The number of para-hydroxylation sites is 1. The van der Waals surface area contributed by atoms with Crippen LogP contribution in [0.4, 0.5) is 5.69 Å². The van der Waals surface area contributed by atoms with Crippen molar-refractivity contribution in [3.8, 4) is 0 Å². The van der Waals surface area contributed by atoms with E-state index in [0.29, 0.717) is 23.1 Å². The van der Waals surface area contributed by atoms with Gasteiger partial charge in [-0.15, -0.1) is 11.3 Å². The van der Waals surface area contributed by atoms with Crippen molar-refractivity contribution >= 4 is 45.1 Å². The van der Waals surface area contributed by atoms with Gasteiger partial charge in [0.15, 0.2) is 0 Å². The van der Waals surface area contributed by atoms with Crippen LogP contribution >= 0.6 is 11.3 Å². The van der Waals surface area contributed by atoms with E-state index in [0.717, 1.165) is 40.3 Å². The van der Waals surface area contributed by atoms with Gasteiger partial charge in [0.05, 0.1) is 10.2 Å².